The molecular weight excluding hydrogens is 304 g/mol. The molecule has 114 valence electrons. The zero-order valence-electron chi connectivity index (χ0n) is 12.4. The second kappa shape index (κ2) is 6.15. The normalized spacial score (nSPS) is 10.4. The molecule has 6 heteroatoms. The molecule has 0 atom stereocenters. The molecule has 0 saturated heterocycles. The van der Waals surface area contributed by atoms with Gasteiger partial charge in [0.2, 0.25) is 0 Å². The van der Waals surface area contributed by atoms with E-state index in [2.05, 4.69) is 5.32 Å². The molecule has 2 aromatic carbocycles. The van der Waals surface area contributed by atoms with Crippen LogP contribution in [-0.2, 0) is 0 Å². The predicted octanol–water partition coefficient (Wildman–Crippen LogP) is 4.43. The van der Waals surface area contributed by atoms with Gasteiger partial charge in [0.1, 0.15) is 0 Å². The minimum absolute atomic E-state index is 0.0839. The van der Waals surface area contributed by atoms with Crippen molar-refractivity contribution in [2.24, 2.45) is 0 Å². The van der Waals surface area contributed by atoms with E-state index in [0.717, 1.165) is 11.1 Å². The molecule has 5 nitrogen and oxygen atoms in total. The second-order valence-electron chi connectivity index (χ2n) is 5.15. The molecule has 0 spiro atoms. The number of rotatable bonds is 3. The van der Waals surface area contributed by atoms with Crippen molar-refractivity contribution in [3.8, 4) is 0 Å². The smallest absolute Gasteiger partial charge is 0.273 e. The Balaban J connectivity index is 2.34. The van der Waals surface area contributed by atoms with Crippen LogP contribution in [0.4, 0.5) is 11.4 Å². The summed E-state index contributed by atoms with van der Waals surface area (Å²) in [5, 5.41) is 14.1. The van der Waals surface area contributed by atoms with Crippen molar-refractivity contribution in [1.82, 2.24) is 0 Å². The van der Waals surface area contributed by atoms with Crippen LogP contribution in [0.1, 0.15) is 27.0 Å². The number of carbonyl (C=O) groups is 1. The van der Waals surface area contributed by atoms with Gasteiger partial charge in [0.05, 0.1) is 15.6 Å². The number of carbonyl (C=O) groups excluding carboxylic acids is 1. The average Bonchev–Trinajstić information content (AvgIpc) is 2.42. The third kappa shape index (κ3) is 3.26. The lowest BCUT2D eigenvalue weighted by Crippen LogP contribution is -2.13. The summed E-state index contributed by atoms with van der Waals surface area (Å²) in [5.74, 6) is -0.433. The first kappa shape index (κ1) is 16.0. The Morgan fingerprint density at radius 1 is 1.14 bits per heavy atom. The Morgan fingerprint density at radius 3 is 2.41 bits per heavy atom. The molecule has 22 heavy (non-hydrogen) atoms. The molecule has 0 aliphatic carbocycles. The quantitative estimate of drug-likeness (QED) is 0.672. The molecule has 0 heterocycles. The van der Waals surface area contributed by atoms with Crippen molar-refractivity contribution in [2.45, 2.75) is 20.8 Å². The summed E-state index contributed by atoms with van der Waals surface area (Å²) < 4.78 is 0. The van der Waals surface area contributed by atoms with E-state index >= 15 is 0 Å². The van der Waals surface area contributed by atoms with Crippen LogP contribution < -0.4 is 5.32 Å². The van der Waals surface area contributed by atoms with Gasteiger partial charge in [-0.3, -0.25) is 14.9 Å². The van der Waals surface area contributed by atoms with Gasteiger partial charge in [-0.05, 0) is 44.0 Å². The number of nitrogens with one attached hydrogen (secondary N) is 1. The van der Waals surface area contributed by atoms with Crippen molar-refractivity contribution in [3.05, 3.63) is 67.7 Å². The van der Waals surface area contributed by atoms with Crippen LogP contribution in [0.25, 0.3) is 0 Å². The van der Waals surface area contributed by atoms with Crippen LogP contribution in [0.5, 0.6) is 0 Å². The van der Waals surface area contributed by atoms with E-state index in [9.17, 15) is 14.9 Å². The minimum Gasteiger partial charge on any atom is -0.320 e. The summed E-state index contributed by atoms with van der Waals surface area (Å²) in [6.45, 7) is 5.38. The van der Waals surface area contributed by atoms with Crippen LogP contribution in [-0.4, -0.2) is 10.8 Å². The average molecular weight is 319 g/mol. The molecule has 0 unspecified atom stereocenters. The summed E-state index contributed by atoms with van der Waals surface area (Å²) in [6.07, 6.45) is 0. The van der Waals surface area contributed by atoms with Crippen LogP contribution in [0, 0.1) is 30.9 Å². The fraction of sp³-hybridized carbons (Fsp3) is 0.188. The van der Waals surface area contributed by atoms with Crippen LogP contribution in [0.15, 0.2) is 30.3 Å². The topological polar surface area (TPSA) is 72.2 Å². The Labute approximate surface area is 133 Å². The maximum Gasteiger partial charge on any atom is 0.273 e. The third-order valence-corrected chi connectivity index (χ3v) is 3.64. The van der Waals surface area contributed by atoms with Gasteiger partial charge in [0.25, 0.3) is 11.6 Å². The molecule has 1 amide bonds. The van der Waals surface area contributed by atoms with E-state index in [1.165, 1.54) is 6.07 Å². The lowest BCUT2D eigenvalue weighted by molar-refractivity contribution is -0.385. The zero-order valence-corrected chi connectivity index (χ0v) is 13.2. The van der Waals surface area contributed by atoms with Gasteiger partial charge >= 0.3 is 0 Å². The first-order valence-corrected chi connectivity index (χ1v) is 7.00. The molecule has 0 aliphatic heterocycles. The van der Waals surface area contributed by atoms with Crippen molar-refractivity contribution in [3.63, 3.8) is 0 Å². The number of nitro groups is 1. The van der Waals surface area contributed by atoms with E-state index in [4.69, 9.17) is 11.6 Å². The van der Waals surface area contributed by atoms with E-state index in [1.807, 2.05) is 19.9 Å². The highest BCUT2D eigenvalue weighted by Crippen LogP contribution is 2.28. The van der Waals surface area contributed by atoms with E-state index in [0.29, 0.717) is 16.3 Å². The molecule has 0 aliphatic rings. The number of benzene rings is 2. The Hall–Kier alpha value is -2.40. The fourth-order valence-corrected chi connectivity index (χ4v) is 2.58. The van der Waals surface area contributed by atoms with Gasteiger partial charge in [0.15, 0.2) is 0 Å². The summed E-state index contributed by atoms with van der Waals surface area (Å²) in [4.78, 5) is 22.7. The van der Waals surface area contributed by atoms with Gasteiger partial charge in [-0.1, -0.05) is 23.7 Å². The highest BCUT2D eigenvalue weighted by Gasteiger charge is 2.16. The summed E-state index contributed by atoms with van der Waals surface area (Å²) in [5.41, 5.74) is 2.98. The minimum atomic E-state index is -0.504. The third-order valence-electron chi connectivity index (χ3n) is 3.34. The number of halogens is 1. The van der Waals surface area contributed by atoms with Gasteiger partial charge in [0, 0.05) is 17.2 Å². The van der Waals surface area contributed by atoms with Gasteiger partial charge in [-0.25, -0.2) is 0 Å². The highest BCUT2D eigenvalue weighted by molar-refractivity contribution is 6.34. The fourth-order valence-electron chi connectivity index (χ4n) is 2.21. The monoisotopic (exact) mass is 318 g/mol. The van der Waals surface area contributed by atoms with Gasteiger partial charge < -0.3 is 5.32 Å². The molecule has 1 N–H and O–H groups in total. The number of nitro benzene ring substituents is 1. The van der Waals surface area contributed by atoms with E-state index in [-0.39, 0.29) is 11.3 Å². The molecule has 0 radical (unpaired) electrons. The van der Waals surface area contributed by atoms with Crippen LogP contribution >= 0.6 is 11.6 Å². The molecule has 2 rings (SSSR count). The number of amides is 1. The number of hydrogen-bond acceptors (Lipinski definition) is 3. The maximum absolute atomic E-state index is 12.3. The Bertz CT molecular complexity index is 749. The zero-order chi connectivity index (χ0) is 16.4. The van der Waals surface area contributed by atoms with E-state index < -0.39 is 10.8 Å². The number of nitrogens with zero attached hydrogens (tertiary/aromatic N) is 1. The molecule has 0 fully saturated rings. The number of aryl methyl sites for hydroxylation is 3. The largest absolute Gasteiger partial charge is 0.320 e. The lowest BCUT2D eigenvalue weighted by atomic mass is 10.1. The Kier molecular flexibility index (Phi) is 4.47. The second-order valence-corrected chi connectivity index (χ2v) is 5.56. The lowest BCUT2D eigenvalue weighted by Gasteiger charge is -2.11. The SMILES string of the molecule is Cc1cc(C)c(NC(=O)c2ccc(C)c([N+](=O)[O-])c2)c(Cl)c1. The van der Waals surface area contributed by atoms with Crippen molar-refractivity contribution < 1.29 is 9.72 Å². The van der Waals surface area contributed by atoms with Crippen LogP contribution in [0.3, 0.4) is 0 Å². The van der Waals surface area contributed by atoms with Gasteiger partial charge in [-0.15, -0.1) is 0 Å². The van der Waals surface area contributed by atoms with Gasteiger partial charge in [-0.2, -0.15) is 0 Å². The number of anilines is 1. The Morgan fingerprint density at radius 2 is 1.82 bits per heavy atom. The van der Waals surface area contributed by atoms with E-state index in [1.54, 1.807) is 25.1 Å². The molecule has 2 aromatic rings. The first-order valence-electron chi connectivity index (χ1n) is 6.62. The standard InChI is InChI=1S/C16H15ClN2O3/c1-9-6-11(3)15(13(17)7-9)18-16(20)12-5-4-10(2)14(8-12)19(21)22/h4-8H,1-3H3,(H,18,20). The van der Waals surface area contributed by atoms with Crippen molar-refractivity contribution in [2.75, 3.05) is 5.32 Å². The molecular formula is C16H15ClN2O3. The summed E-state index contributed by atoms with van der Waals surface area (Å²) in [7, 11) is 0. The number of hydrogen-bond donors (Lipinski definition) is 1. The summed E-state index contributed by atoms with van der Waals surface area (Å²) >= 11 is 6.15. The highest BCUT2D eigenvalue weighted by atomic mass is 35.5. The summed E-state index contributed by atoms with van der Waals surface area (Å²) in [6, 6.07) is 8.02. The first-order chi connectivity index (χ1) is 10.3. The predicted molar refractivity (Wildman–Crippen MR) is 86.7 cm³/mol. The maximum atomic E-state index is 12.3. The molecule has 0 bridgehead atoms. The molecule has 0 aromatic heterocycles. The molecule has 0 saturated carbocycles. The van der Waals surface area contributed by atoms with Crippen LogP contribution in [0.2, 0.25) is 5.02 Å². The van der Waals surface area contributed by atoms with Crippen molar-refractivity contribution >= 4 is 28.9 Å². The van der Waals surface area contributed by atoms with Crippen molar-refractivity contribution in [1.29, 1.82) is 0 Å².